The Morgan fingerprint density at radius 2 is 1.97 bits per heavy atom. The summed E-state index contributed by atoms with van der Waals surface area (Å²) in [5.41, 5.74) is -0.644. The molecule has 4 atom stereocenters. The Hall–Kier alpha value is -2.44. The van der Waals surface area contributed by atoms with Gasteiger partial charge in [-0.3, -0.25) is 4.90 Å². The van der Waals surface area contributed by atoms with Gasteiger partial charge in [0.25, 0.3) is 0 Å². The Kier molecular flexibility index (Phi) is 7.25. The van der Waals surface area contributed by atoms with Crippen molar-refractivity contribution >= 4 is 12.1 Å². The fraction of sp³-hybridized carbons (Fsp3) is 0.680. The van der Waals surface area contributed by atoms with Crippen LogP contribution in [0.25, 0.3) is 0 Å². The standard InChI is InChI=1S/C25H37NO6/c1-15(2)17-10-9-16(3)14-20(17)31-23(28)21-18(27)11-12-26(24(29)32-25(4,5)6)22(21)19-8-7-13-30-19/h7-8,13,15-17,20,22,27H,9-12,14H2,1-6H3/t16-,17+,20-,22-/m1/s1. The van der Waals surface area contributed by atoms with E-state index in [0.29, 0.717) is 17.6 Å². The van der Waals surface area contributed by atoms with Gasteiger partial charge in [0.1, 0.15) is 34.8 Å². The second-order valence-corrected chi connectivity index (χ2v) is 10.5. The van der Waals surface area contributed by atoms with E-state index in [1.165, 1.54) is 11.2 Å². The molecule has 0 radical (unpaired) electrons. The van der Waals surface area contributed by atoms with Gasteiger partial charge in [-0.15, -0.1) is 0 Å². The highest BCUT2D eigenvalue weighted by molar-refractivity contribution is 5.92. The number of aliphatic hydroxyl groups excluding tert-OH is 1. The zero-order valence-electron chi connectivity index (χ0n) is 20.1. The lowest BCUT2D eigenvalue weighted by Crippen LogP contribution is -2.45. The van der Waals surface area contributed by atoms with E-state index in [4.69, 9.17) is 13.9 Å². The molecule has 0 spiro atoms. The van der Waals surface area contributed by atoms with Crippen molar-refractivity contribution in [2.45, 2.75) is 85.0 Å². The summed E-state index contributed by atoms with van der Waals surface area (Å²) in [6, 6.07) is 2.47. The van der Waals surface area contributed by atoms with Crippen LogP contribution in [0.15, 0.2) is 34.1 Å². The minimum Gasteiger partial charge on any atom is -0.512 e. The number of nitrogens with zero attached hydrogens (tertiary/aromatic N) is 1. The highest BCUT2D eigenvalue weighted by Gasteiger charge is 2.43. The third-order valence-electron chi connectivity index (χ3n) is 6.37. The van der Waals surface area contributed by atoms with Crippen LogP contribution in [0.2, 0.25) is 0 Å². The van der Waals surface area contributed by atoms with Gasteiger partial charge in [0.05, 0.1) is 6.26 Å². The number of carbonyl (C=O) groups excluding carboxylic acids is 2. The van der Waals surface area contributed by atoms with Gasteiger partial charge in [0, 0.05) is 13.0 Å². The van der Waals surface area contributed by atoms with Gasteiger partial charge in [0.2, 0.25) is 0 Å². The lowest BCUT2D eigenvalue weighted by atomic mass is 9.75. The first-order valence-electron chi connectivity index (χ1n) is 11.6. The van der Waals surface area contributed by atoms with Crippen LogP contribution in [0.3, 0.4) is 0 Å². The van der Waals surface area contributed by atoms with Gasteiger partial charge in [-0.2, -0.15) is 0 Å². The van der Waals surface area contributed by atoms with Crippen LogP contribution >= 0.6 is 0 Å². The largest absolute Gasteiger partial charge is 0.512 e. The normalized spacial score (nSPS) is 26.9. The first-order chi connectivity index (χ1) is 15.0. The predicted molar refractivity (Wildman–Crippen MR) is 120 cm³/mol. The number of amides is 1. The summed E-state index contributed by atoms with van der Waals surface area (Å²) in [7, 11) is 0. The molecule has 1 aromatic rings. The minimum absolute atomic E-state index is 0.0535. The van der Waals surface area contributed by atoms with E-state index < -0.39 is 23.7 Å². The average Bonchev–Trinajstić information content (AvgIpc) is 3.20. The molecule has 0 bridgehead atoms. The van der Waals surface area contributed by atoms with E-state index in [1.54, 1.807) is 32.9 Å². The zero-order chi connectivity index (χ0) is 23.6. The SMILES string of the molecule is CC(C)[C@@H]1CC[C@@H](C)C[C@H]1OC(=O)C1=C(O)CCN(C(=O)OC(C)(C)C)[C@@H]1c1ccco1. The number of hydrogen-bond acceptors (Lipinski definition) is 6. The number of carbonyl (C=O) groups is 2. The molecule has 7 nitrogen and oxygen atoms in total. The van der Waals surface area contributed by atoms with Crippen LogP contribution in [0.1, 0.15) is 79.0 Å². The molecule has 178 valence electrons. The van der Waals surface area contributed by atoms with Crippen molar-refractivity contribution in [1.82, 2.24) is 4.90 Å². The smallest absolute Gasteiger partial charge is 0.411 e. The molecule has 0 aromatic carbocycles. The molecule has 0 saturated heterocycles. The van der Waals surface area contributed by atoms with Crippen molar-refractivity contribution in [1.29, 1.82) is 0 Å². The Bertz CT molecular complexity index is 835. The summed E-state index contributed by atoms with van der Waals surface area (Å²) in [6.45, 7) is 12.0. The highest BCUT2D eigenvalue weighted by atomic mass is 16.6. The second-order valence-electron chi connectivity index (χ2n) is 10.5. The summed E-state index contributed by atoms with van der Waals surface area (Å²) < 4.78 is 17.2. The fourth-order valence-electron chi connectivity index (χ4n) is 4.74. The van der Waals surface area contributed by atoms with Crippen LogP contribution in [-0.4, -0.2) is 40.3 Å². The fourth-order valence-corrected chi connectivity index (χ4v) is 4.74. The highest BCUT2D eigenvalue weighted by Crippen LogP contribution is 2.40. The quantitative estimate of drug-likeness (QED) is 0.589. The molecular weight excluding hydrogens is 410 g/mol. The monoisotopic (exact) mass is 447 g/mol. The molecule has 1 N–H and O–H groups in total. The Morgan fingerprint density at radius 3 is 2.56 bits per heavy atom. The number of ether oxygens (including phenoxy) is 2. The Labute approximate surface area is 190 Å². The minimum atomic E-state index is -0.903. The Morgan fingerprint density at radius 1 is 1.25 bits per heavy atom. The van der Waals surface area contributed by atoms with Gasteiger partial charge in [-0.25, -0.2) is 9.59 Å². The van der Waals surface area contributed by atoms with Crippen molar-refractivity contribution in [3.05, 3.63) is 35.5 Å². The molecule has 1 aromatic heterocycles. The van der Waals surface area contributed by atoms with E-state index >= 15 is 0 Å². The first kappa shape index (κ1) is 24.2. The molecule has 1 aliphatic heterocycles. The molecule has 0 unspecified atom stereocenters. The van der Waals surface area contributed by atoms with Gasteiger partial charge in [-0.05, 0) is 63.5 Å². The van der Waals surface area contributed by atoms with Gasteiger partial charge in [-0.1, -0.05) is 27.2 Å². The average molecular weight is 448 g/mol. The maximum Gasteiger partial charge on any atom is 0.411 e. The van der Waals surface area contributed by atoms with Crippen LogP contribution in [0.4, 0.5) is 4.79 Å². The molecule has 1 amide bonds. The van der Waals surface area contributed by atoms with Crippen LogP contribution in [0.5, 0.6) is 0 Å². The van der Waals surface area contributed by atoms with Gasteiger partial charge >= 0.3 is 12.1 Å². The lowest BCUT2D eigenvalue weighted by molar-refractivity contribution is -0.152. The van der Waals surface area contributed by atoms with Crippen LogP contribution < -0.4 is 0 Å². The lowest BCUT2D eigenvalue weighted by Gasteiger charge is -2.39. The summed E-state index contributed by atoms with van der Waals surface area (Å²) in [5, 5.41) is 10.8. The zero-order valence-corrected chi connectivity index (χ0v) is 20.1. The maximum absolute atomic E-state index is 13.5. The summed E-state index contributed by atoms with van der Waals surface area (Å²) in [6.07, 6.45) is 3.76. The maximum atomic E-state index is 13.5. The molecule has 1 saturated carbocycles. The molecule has 1 aliphatic carbocycles. The van der Waals surface area contributed by atoms with Crippen LogP contribution in [0, 0.1) is 17.8 Å². The van der Waals surface area contributed by atoms with E-state index in [0.717, 1.165) is 19.3 Å². The third-order valence-corrected chi connectivity index (χ3v) is 6.37. The summed E-state index contributed by atoms with van der Waals surface area (Å²) in [4.78, 5) is 27.9. The topological polar surface area (TPSA) is 89.2 Å². The predicted octanol–water partition coefficient (Wildman–Crippen LogP) is 5.78. The van der Waals surface area contributed by atoms with Crippen molar-refractivity contribution in [2.75, 3.05) is 6.54 Å². The van der Waals surface area contributed by atoms with E-state index in [-0.39, 0.29) is 36.3 Å². The number of hydrogen-bond donors (Lipinski definition) is 1. The van der Waals surface area contributed by atoms with Crippen molar-refractivity contribution in [3.63, 3.8) is 0 Å². The number of furan rings is 1. The van der Waals surface area contributed by atoms with E-state index in [1.807, 2.05) is 0 Å². The molecule has 2 aliphatic rings. The van der Waals surface area contributed by atoms with Crippen LogP contribution in [-0.2, 0) is 14.3 Å². The molecule has 32 heavy (non-hydrogen) atoms. The molecule has 2 heterocycles. The number of aliphatic hydroxyl groups is 1. The van der Waals surface area contributed by atoms with Crippen molar-refractivity contribution in [3.8, 4) is 0 Å². The van der Waals surface area contributed by atoms with Crippen molar-refractivity contribution < 1.29 is 28.6 Å². The molecular formula is C25H37NO6. The molecule has 1 fully saturated rings. The third kappa shape index (κ3) is 5.48. The van der Waals surface area contributed by atoms with Gasteiger partial charge < -0.3 is 19.0 Å². The Balaban J connectivity index is 1.91. The summed E-state index contributed by atoms with van der Waals surface area (Å²) in [5.74, 6) is 0.837. The van der Waals surface area contributed by atoms with E-state index in [2.05, 4.69) is 20.8 Å². The molecule has 7 heteroatoms. The van der Waals surface area contributed by atoms with Crippen molar-refractivity contribution in [2.24, 2.45) is 17.8 Å². The molecule has 3 rings (SSSR count). The second kappa shape index (κ2) is 9.59. The summed E-state index contributed by atoms with van der Waals surface area (Å²) >= 11 is 0. The van der Waals surface area contributed by atoms with E-state index in [9.17, 15) is 14.7 Å². The number of esters is 1. The van der Waals surface area contributed by atoms with Gasteiger partial charge in [0.15, 0.2) is 0 Å². The number of rotatable bonds is 4. The first-order valence-corrected chi connectivity index (χ1v) is 11.6.